The summed E-state index contributed by atoms with van der Waals surface area (Å²) in [5.74, 6) is 0.00512. The van der Waals surface area contributed by atoms with Gasteiger partial charge in [-0.2, -0.15) is 0 Å². The van der Waals surface area contributed by atoms with E-state index in [1.807, 2.05) is 24.3 Å². The van der Waals surface area contributed by atoms with Crippen LogP contribution in [0.1, 0.15) is 33.9 Å². The first kappa shape index (κ1) is 19.1. The van der Waals surface area contributed by atoms with E-state index in [9.17, 15) is 10.2 Å². The van der Waals surface area contributed by atoms with Crippen LogP contribution in [-0.2, 0) is 6.61 Å². The van der Waals surface area contributed by atoms with Crippen molar-refractivity contribution in [2.45, 2.75) is 30.1 Å². The van der Waals surface area contributed by atoms with Crippen LogP contribution in [0.15, 0.2) is 70.6 Å². The molecule has 1 unspecified atom stereocenters. The number of aliphatic hydroxyl groups is 1. The highest BCUT2D eigenvalue weighted by Gasteiger charge is 2.25. The van der Waals surface area contributed by atoms with Gasteiger partial charge in [-0.05, 0) is 47.9 Å². The van der Waals surface area contributed by atoms with Gasteiger partial charge in [-0.1, -0.05) is 48.0 Å². The van der Waals surface area contributed by atoms with Crippen molar-refractivity contribution in [3.63, 3.8) is 0 Å². The number of halogens is 1. The summed E-state index contributed by atoms with van der Waals surface area (Å²) in [6, 6.07) is 19.8. The average molecular weight is 410 g/mol. The van der Waals surface area contributed by atoms with Gasteiger partial charge in [0.15, 0.2) is 0 Å². The molecule has 0 saturated heterocycles. The number of nitrogens with zero attached hydrogens (tertiary/aromatic N) is 1. The van der Waals surface area contributed by atoms with Gasteiger partial charge in [0.05, 0.1) is 23.0 Å². The number of hydrogen-bond donors (Lipinski definition) is 2. The van der Waals surface area contributed by atoms with Crippen molar-refractivity contribution in [2.24, 2.45) is 4.99 Å². The molecule has 4 rings (SSSR count). The summed E-state index contributed by atoms with van der Waals surface area (Å²) in [4.78, 5) is 5.99. The molecule has 0 fully saturated rings. The van der Waals surface area contributed by atoms with Crippen molar-refractivity contribution in [3.05, 3.63) is 87.9 Å². The number of fused-ring (bicyclic) bond motifs is 1. The average Bonchev–Trinajstić information content (AvgIpc) is 2.89. The summed E-state index contributed by atoms with van der Waals surface area (Å²) in [7, 11) is 0. The number of phenols is 1. The second-order valence-corrected chi connectivity index (χ2v) is 8.48. The third-order valence-electron chi connectivity index (χ3n) is 4.92. The highest BCUT2D eigenvalue weighted by molar-refractivity contribution is 7.99. The largest absolute Gasteiger partial charge is 0.506 e. The smallest absolute Gasteiger partial charge is 0.143 e. The molecule has 0 radical (unpaired) electrons. The molecular weight excluding hydrogens is 390 g/mol. The molecule has 0 aromatic heterocycles. The van der Waals surface area contributed by atoms with Gasteiger partial charge in [0.25, 0.3) is 0 Å². The van der Waals surface area contributed by atoms with E-state index in [2.05, 4.69) is 31.2 Å². The van der Waals surface area contributed by atoms with Gasteiger partial charge in [0, 0.05) is 22.1 Å². The summed E-state index contributed by atoms with van der Waals surface area (Å²) >= 11 is 8.00. The molecule has 5 heteroatoms. The number of thioether (sulfide) groups is 1. The van der Waals surface area contributed by atoms with Crippen molar-refractivity contribution in [2.75, 3.05) is 0 Å². The molecule has 142 valence electrons. The first-order chi connectivity index (χ1) is 13.6. The Morgan fingerprint density at radius 1 is 1.11 bits per heavy atom. The zero-order valence-electron chi connectivity index (χ0n) is 15.4. The third-order valence-corrected chi connectivity index (χ3v) is 6.51. The van der Waals surface area contributed by atoms with E-state index in [4.69, 9.17) is 16.6 Å². The molecule has 0 bridgehead atoms. The minimum absolute atomic E-state index is 0.00512. The number of phenolic OH excluding ortho intramolecular Hbond substituents is 1. The summed E-state index contributed by atoms with van der Waals surface area (Å²) in [6.07, 6.45) is 0.642. The summed E-state index contributed by atoms with van der Waals surface area (Å²) in [5, 5.41) is 20.6. The molecule has 28 heavy (non-hydrogen) atoms. The molecule has 1 aliphatic heterocycles. The van der Waals surface area contributed by atoms with Crippen molar-refractivity contribution >= 4 is 34.8 Å². The van der Waals surface area contributed by atoms with Crippen LogP contribution in [0.25, 0.3) is 0 Å². The number of aryl methyl sites for hydroxylation is 1. The molecule has 1 atom stereocenters. The van der Waals surface area contributed by atoms with Crippen LogP contribution in [0.2, 0.25) is 5.02 Å². The SMILES string of the molecule is Cc1ccccc1C1CC(c2cc(CO)cc(Cl)c2O)=Nc2ccccc2S1. The van der Waals surface area contributed by atoms with Crippen molar-refractivity contribution in [1.29, 1.82) is 0 Å². The predicted octanol–water partition coefficient (Wildman–Crippen LogP) is 6.20. The zero-order valence-corrected chi connectivity index (χ0v) is 17.0. The number of aromatic hydroxyl groups is 1. The van der Waals surface area contributed by atoms with Gasteiger partial charge in [-0.15, -0.1) is 11.8 Å². The molecule has 0 spiro atoms. The van der Waals surface area contributed by atoms with Gasteiger partial charge < -0.3 is 10.2 Å². The van der Waals surface area contributed by atoms with Crippen molar-refractivity contribution < 1.29 is 10.2 Å². The van der Waals surface area contributed by atoms with Gasteiger partial charge in [-0.3, -0.25) is 4.99 Å². The fourth-order valence-corrected chi connectivity index (χ4v) is 5.04. The normalized spacial score (nSPS) is 16.2. The van der Waals surface area contributed by atoms with Gasteiger partial charge in [0.1, 0.15) is 5.75 Å². The molecule has 0 aliphatic carbocycles. The van der Waals surface area contributed by atoms with E-state index < -0.39 is 0 Å². The van der Waals surface area contributed by atoms with Crippen LogP contribution in [0.3, 0.4) is 0 Å². The Labute approximate surface area is 173 Å². The van der Waals surface area contributed by atoms with Gasteiger partial charge in [-0.25, -0.2) is 0 Å². The van der Waals surface area contributed by atoms with Crippen LogP contribution in [0.4, 0.5) is 5.69 Å². The van der Waals surface area contributed by atoms with E-state index in [-0.39, 0.29) is 22.6 Å². The second-order valence-electron chi connectivity index (χ2n) is 6.83. The molecule has 1 aliphatic rings. The van der Waals surface area contributed by atoms with Crippen LogP contribution < -0.4 is 0 Å². The Kier molecular flexibility index (Phi) is 5.44. The minimum Gasteiger partial charge on any atom is -0.506 e. The maximum Gasteiger partial charge on any atom is 0.143 e. The molecular formula is C23H20ClNO2S. The number of para-hydroxylation sites is 1. The summed E-state index contributed by atoms with van der Waals surface area (Å²) in [6.45, 7) is 1.97. The van der Waals surface area contributed by atoms with Crippen molar-refractivity contribution in [1.82, 2.24) is 0 Å². The van der Waals surface area contributed by atoms with E-state index in [1.165, 1.54) is 11.1 Å². The number of hydrogen-bond acceptors (Lipinski definition) is 4. The number of aliphatic imine (C=N–C) groups is 1. The number of aliphatic hydroxyl groups excluding tert-OH is 1. The van der Waals surface area contributed by atoms with E-state index >= 15 is 0 Å². The Balaban J connectivity index is 1.88. The Morgan fingerprint density at radius 3 is 2.64 bits per heavy atom. The van der Waals surface area contributed by atoms with Crippen LogP contribution in [0, 0.1) is 6.92 Å². The predicted molar refractivity (Wildman–Crippen MR) is 116 cm³/mol. The summed E-state index contributed by atoms with van der Waals surface area (Å²) in [5.41, 5.74) is 5.35. The lowest BCUT2D eigenvalue weighted by atomic mass is 9.97. The van der Waals surface area contributed by atoms with Crippen LogP contribution in [-0.4, -0.2) is 15.9 Å². The fourth-order valence-electron chi connectivity index (χ4n) is 3.47. The highest BCUT2D eigenvalue weighted by atomic mass is 35.5. The highest BCUT2D eigenvalue weighted by Crippen LogP contribution is 2.47. The standard InChI is InChI=1S/C23H20ClNO2S/c1-14-6-2-3-7-16(14)22-12-20(25-19-8-4-5-9-21(19)28-22)17-10-15(13-26)11-18(24)23(17)27/h2-11,22,26-27H,12-13H2,1H3. The maximum absolute atomic E-state index is 10.6. The molecule has 2 N–H and O–H groups in total. The molecule has 3 nitrogen and oxygen atoms in total. The quantitative estimate of drug-likeness (QED) is 0.541. The Hall–Kier alpha value is -2.27. The first-order valence-electron chi connectivity index (χ1n) is 9.08. The molecule has 3 aromatic carbocycles. The number of benzene rings is 3. The fraction of sp³-hybridized carbons (Fsp3) is 0.174. The van der Waals surface area contributed by atoms with E-state index in [0.29, 0.717) is 17.5 Å². The topological polar surface area (TPSA) is 52.8 Å². The zero-order chi connectivity index (χ0) is 19.7. The third kappa shape index (κ3) is 3.68. The van der Waals surface area contributed by atoms with Crippen LogP contribution >= 0.6 is 23.4 Å². The van der Waals surface area contributed by atoms with E-state index in [1.54, 1.807) is 23.9 Å². The number of rotatable bonds is 3. The first-order valence-corrected chi connectivity index (χ1v) is 10.3. The van der Waals surface area contributed by atoms with Gasteiger partial charge >= 0.3 is 0 Å². The van der Waals surface area contributed by atoms with Crippen molar-refractivity contribution in [3.8, 4) is 5.75 Å². The molecule has 3 aromatic rings. The summed E-state index contributed by atoms with van der Waals surface area (Å²) < 4.78 is 0. The molecule has 0 amide bonds. The van der Waals surface area contributed by atoms with Gasteiger partial charge in [0.2, 0.25) is 0 Å². The van der Waals surface area contributed by atoms with E-state index in [0.717, 1.165) is 16.3 Å². The Bertz CT molecular complexity index is 1060. The second kappa shape index (κ2) is 8.00. The molecule has 0 saturated carbocycles. The monoisotopic (exact) mass is 409 g/mol. The lowest BCUT2D eigenvalue weighted by molar-refractivity contribution is 0.281. The minimum atomic E-state index is -0.146. The van der Waals surface area contributed by atoms with Crippen LogP contribution in [0.5, 0.6) is 5.75 Å². The molecule has 1 heterocycles. The maximum atomic E-state index is 10.6. The Morgan fingerprint density at radius 2 is 1.86 bits per heavy atom. The lowest BCUT2D eigenvalue weighted by Crippen LogP contribution is -2.07. The lowest BCUT2D eigenvalue weighted by Gasteiger charge is -2.19.